The number of hydrogen-bond donors (Lipinski definition) is 1. The number of rotatable bonds is 4. The van der Waals surface area contributed by atoms with E-state index in [1.165, 1.54) is 22.9 Å². The molecule has 2 heterocycles. The van der Waals surface area contributed by atoms with Crippen molar-refractivity contribution in [3.05, 3.63) is 41.3 Å². The van der Waals surface area contributed by atoms with E-state index in [-0.39, 0.29) is 12.5 Å². The van der Waals surface area contributed by atoms with E-state index in [4.69, 9.17) is 10.2 Å². The van der Waals surface area contributed by atoms with Gasteiger partial charge in [0.05, 0.1) is 12.3 Å². The van der Waals surface area contributed by atoms with E-state index in [1.807, 2.05) is 17.0 Å². The minimum atomic E-state index is 0.0852. The lowest BCUT2D eigenvalue weighted by Crippen LogP contribution is -2.37. The van der Waals surface area contributed by atoms with Crippen molar-refractivity contribution >= 4 is 17.7 Å². The molecule has 0 fully saturated rings. The summed E-state index contributed by atoms with van der Waals surface area (Å²) in [5.74, 6) is 0.771. The molecular weight excluding hydrogens is 288 g/mol. The van der Waals surface area contributed by atoms with Crippen LogP contribution in [0.5, 0.6) is 0 Å². The predicted molar refractivity (Wildman–Crippen MR) is 78.5 cm³/mol. The number of benzene rings is 1. The van der Waals surface area contributed by atoms with Crippen LogP contribution in [0.2, 0.25) is 0 Å². The van der Waals surface area contributed by atoms with Crippen LogP contribution >= 0.6 is 11.8 Å². The lowest BCUT2D eigenvalue weighted by molar-refractivity contribution is -0.129. The van der Waals surface area contributed by atoms with Gasteiger partial charge in [-0.25, -0.2) is 0 Å². The van der Waals surface area contributed by atoms with Crippen LogP contribution in [-0.4, -0.2) is 33.3 Å². The molecule has 0 bridgehead atoms. The number of nitrogens with two attached hydrogens (primary N) is 1. The molecule has 1 aromatic heterocycles. The molecule has 21 heavy (non-hydrogen) atoms. The smallest absolute Gasteiger partial charge is 0.277 e. The van der Waals surface area contributed by atoms with Crippen LogP contribution in [0.1, 0.15) is 17.0 Å². The van der Waals surface area contributed by atoms with Gasteiger partial charge in [-0.3, -0.25) is 4.79 Å². The Morgan fingerprint density at radius 1 is 1.33 bits per heavy atom. The first-order valence-electron chi connectivity index (χ1n) is 6.76. The molecule has 3 rings (SSSR count). The monoisotopic (exact) mass is 304 g/mol. The summed E-state index contributed by atoms with van der Waals surface area (Å²) in [6.07, 6.45) is 0.907. The highest BCUT2D eigenvalue weighted by Gasteiger charge is 2.21. The largest absolute Gasteiger partial charge is 0.415 e. The molecule has 2 N–H and O–H groups in total. The summed E-state index contributed by atoms with van der Waals surface area (Å²) >= 11 is 1.25. The lowest BCUT2D eigenvalue weighted by atomic mass is 10.00. The summed E-state index contributed by atoms with van der Waals surface area (Å²) in [7, 11) is 0. The van der Waals surface area contributed by atoms with Gasteiger partial charge in [0.25, 0.3) is 5.22 Å². The third kappa shape index (κ3) is 3.25. The van der Waals surface area contributed by atoms with Gasteiger partial charge >= 0.3 is 0 Å². The Labute approximate surface area is 126 Å². The second-order valence-corrected chi connectivity index (χ2v) is 5.72. The predicted octanol–water partition coefficient (Wildman–Crippen LogP) is 1.21. The molecule has 0 atom stereocenters. The van der Waals surface area contributed by atoms with Crippen LogP contribution in [-0.2, 0) is 24.3 Å². The maximum absolute atomic E-state index is 12.2. The number of nitrogens with zero attached hydrogens (tertiary/aromatic N) is 3. The molecule has 2 aromatic rings. The fourth-order valence-corrected chi connectivity index (χ4v) is 2.99. The molecule has 1 aromatic carbocycles. The van der Waals surface area contributed by atoms with E-state index in [0.29, 0.717) is 23.4 Å². The number of amides is 1. The van der Waals surface area contributed by atoms with Crippen molar-refractivity contribution in [2.45, 2.75) is 24.7 Å². The second-order valence-electron chi connectivity index (χ2n) is 4.79. The fourth-order valence-electron chi connectivity index (χ4n) is 2.30. The molecule has 1 amide bonds. The summed E-state index contributed by atoms with van der Waals surface area (Å²) in [6, 6.07) is 8.25. The van der Waals surface area contributed by atoms with Crippen LogP contribution in [0.4, 0.5) is 0 Å². The van der Waals surface area contributed by atoms with E-state index < -0.39 is 0 Å². The first kappa shape index (κ1) is 14.1. The van der Waals surface area contributed by atoms with Crippen LogP contribution in [0, 0.1) is 0 Å². The molecule has 0 saturated carbocycles. The van der Waals surface area contributed by atoms with Gasteiger partial charge in [-0.15, -0.1) is 10.2 Å². The Bertz CT molecular complexity index is 643. The number of thioether (sulfide) groups is 1. The van der Waals surface area contributed by atoms with Gasteiger partial charge in [0.15, 0.2) is 0 Å². The van der Waals surface area contributed by atoms with Crippen LogP contribution in [0.3, 0.4) is 0 Å². The Morgan fingerprint density at radius 3 is 2.90 bits per heavy atom. The van der Waals surface area contributed by atoms with E-state index in [0.717, 1.165) is 13.0 Å². The van der Waals surface area contributed by atoms with Crippen LogP contribution in [0.15, 0.2) is 33.9 Å². The van der Waals surface area contributed by atoms with Crippen molar-refractivity contribution in [3.8, 4) is 0 Å². The second kappa shape index (κ2) is 6.28. The fraction of sp³-hybridized carbons (Fsp3) is 0.357. The van der Waals surface area contributed by atoms with Gasteiger partial charge in [0.2, 0.25) is 11.8 Å². The maximum Gasteiger partial charge on any atom is 0.277 e. The van der Waals surface area contributed by atoms with E-state index in [9.17, 15) is 4.79 Å². The maximum atomic E-state index is 12.2. The summed E-state index contributed by atoms with van der Waals surface area (Å²) in [5.41, 5.74) is 7.96. The zero-order valence-electron chi connectivity index (χ0n) is 11.5. The molecule has 1 aliphatic rings. The van der Waals surface area contributed by atoms with Crippen LogP contribution in [0.25, 0.3) is 0 Å². The third-order valence-corrected chi connectivity index (χ3v) is 4.23. The van der Waals surface area contributed by atoms with E-state index in [1.54, 1.807) is 0 Å². The first-order valence-corrected chi connectivity index (χ1v) is 7.74. The number of aromatic nitrogens is 2. The van der Waals surface area contributed by atoms with Gasteiger partial charge in [0, 0.05) is 13.1 Å². The number of fused-ring (bicyclic) bond motifs is 1. The van der Waals surface area contributed by atoms with E-state index in [2.05, 4.69) is 22.3 Å². The van der Waals surface area contributed by atoms with Crippen LogP contribution < -0.4 is 5.73 Å². The number of carbonyl (C=O) groups is 1. The van der Waals surface area contributed by atoms with Crippen molar-refractivity contribution in [2.75, 3.05) is 12.3 Å². The minimum Gasteiger partial charge on any atom is -0.415 e. The van der Waals surface area contributed by atoms with Gasteiger partial charge in [-0.2, -0.15) is 0 Å². The molecule has 110 valence electrons. The molecular formula is C14H16N4O2S. The van der Waals surface area contributed by atoms with Gasteiger partial charge in [0.1, 0.15) is 0 Å². The lowest BCUT2D eigenvalue weighted by Gasteiger charge is -2.28. The average Bonchev–Trinajstić information content (AvgIpc) is 3.00. The van der Waals surface area contributed by atoms with Crippen molar-refractivity contribution in [1.29, 1.82) is 0 Å². The topological polar surface area (TPSA) is 85.2 Å². The highest BCUT2D eigenvalue weighted by molar-refractivity contribution is 7.99. The summed E-state index contributed by atoms with van der Waals surface area (Å²) < 4.78 is 5.27. The standard InChI is InChI=1S/C14H16N4O2S/c15-7-12-16-17-14(20-12)21-9-13(19)18-6-5-10-3-1-2-4-11(10)8-18/h1-4H,5-9,15H2. The first-order chi connectivity index (χ1) is 10.3. The normalized spacial score (nSPS) is 14.0. The molecule has 6 nitrogen and oxygen atoms in total. The molecule has 1 aliphatic heterocycles. The average molecular weight is 304 g/mol. The number of carbonyl (C=O) groups excluding carboxylic acids is 1. The summed E-state index contributed by atoms with van der Waals surface area (Å²) in [4.78, 5) is 14.1. The third-order valence-electron chi connectivity index (χ3n) is 3.43. The molecule has 0 radical (unpaired) electrons. The Kier molecular flexibility index (Phi) is 4.21. The van der Waals surface area contributed by atoms with Gasteiger partial charge in [-0.1, -0.05) is 36.0 Å². The molecule has 0 unspecified atom stereocenters. The van der Waals surface area contributed by atoms with Crippen molar-refractivity contribution < 1.29 is 9.21 Å². The highest BCUT2D eigenvalue weighted by atomic mass is 32.2. The Morgan fingerprint density at radius 2 is 2.14 bits per heavy atom. The Hall–Kier alpha value is -1.86. The SMILES string of the molecule is NCc1nnc(SCC(=O)N2CCc3ccccc3C2)o1. The zero-order valence-corrected chi connectivity index (χ0v) is 12.3. The number of hydrogen-bond acceptors (Lipinski definition) is 6. The molecule has 0 spiro atoms. The summed E-state index contributed by atoms with van der Waals surface area (Å²) in [6.45, 7) is 1.64. The van der Waals surface area contributed by atoms with Crippen molar-refractivity contribution in [2.24, 2.45) is 5.73 Å². The van der Waals surface area contributed by atoms with Crippen molar-refractivity contribution in [3.63, 3.8) is 0 Å². The molecule has 0 saturated heterocycles. The molecule has 7 heteroatoms. The molecule has 0 aliphatic carbocycles. The van der Waals surface area contributed by atoms with Gasteiger partial charge in [-0.05, 0) is 17.5 Å². The highest BCUT2D eigenvalue weighted by Crippen LogP contribution is 2.21. The quantitative estimate of drug-likeness (QED) is 0.854. The zero-order chi connectivity index (χ0) is 14.7. The summed E-state index contributed by atoms with van der Waals surface area (Å²) in [5, 5.41) is 7.99. The Balaban J connectivity index is 1.57. The minimum absolute atomic E-state index is 0.0852. The van der Waals surface area contributed by atoms with Crippen molar-refractivity contribution in [1.82, 2.24) is 15.1 Å². The van der Waals surface area contributed by atoms with E-state index >= 15 is 0 Å². The van der Waals surface area contributed by atoms with Gasteiger partial charge < -0.3 is 15.1 Å².